The minimum atomic E-state index is -0.240. The monoisotopic (exact) mass is 207 g/mol. The van der Waals surface area contributed by atoms with Gasteiger partial charge in [-0.3, -0.25) is 0 Å². The molecule has 3 heteroatoms. The van der Waals surface area contributed by atoms with Gasteiger partial charge in [0.05, 0.1) is 6.07 Å². The van der Waals surface area contributed by atoms with Crippen molar-refractivity contribution in [3.8, 4) is 6.07 Å². The summed E-state index contributed by atoms with van der Waals surface area (Å²) in [5.41, 5.74) is -0.240. The molecule has 3 unspecified atom stereocenters. The summed E-state index contributed by atoms with van der Waals surface area (Å²) < 4.78 is 0. The SMILES string of the molecule is CNC1(C#N)CCC(N2CCC(C)C2)C1. The molecule has 0 radical (unpaired) electrons. The van der Waals surface area contributed by atoms with E-state index in [0.717, 1.165) is 18.8 Å². The van der Waals surface area contributed by atoms with Gasteiger partial charge < -0.3 is 10.2 Å². The molecule has 3 atom stereocenters. The maximum atomic E-state index is 9.20. The van der Waals surface area contributed by atoms with Crippen LogP contribution < -0.4 is 5.32 Å². The molecule has 0 aromatic heterocycles. The second-order valence-corrected chi connectivity index (χ2v) is 5.23. The lowest BCUT2D eigenvalue weighted by molar-refractivity contribution is 0.231. The predicted octanol–water partition coefficient (Wildman–Crippen LogP) is 1.36. The molecule has 0 amide bonds. The van der Waals surface area contributed by atoms with Crippen LogP contribution in [-0.2, 0) is 0 Å². The van der Waals surface area contributed by atoms with Crippen molar-refractivity contribution in [1.82, 2.24) is 10.2 Å². The van der Waals surface area contributed by atoms with Crippen LogP contribution in [0.2, 0.25) is 0 Å². The van der Waals surface area contributed by atoms with Gasteiger partial charge in [0.15, 0.2) is 0 Å². The molecule has 0 aromatic carbocycles. The first-order valence-electron chi connectivity index (χ1n) is 6.03. The van der Waals surface area contributed by atoms with Crippen LogP contribution in [-0.4, -0.2) is 36.6 Å². The summed E-state index contributed by atoms with van der Waals surface area (Å²) >= 11 is 0. The summed E-state index contributed by atoms with van der Waals surface area (Å²) in [5.74, 6) is 0.844. The zero-order chi connectivity index (χ0) is 10.9. The van der Waals surface area contributed by atoms with Crippen LogP contribution in [0.4, 0.5) is 0 Å². The quantitative estimate of drug-likeness (QED) is 0.743. The molecule has 1 saturated carbocycles. The minimum Gasteiger partial charge on any atom is -0.302 e. The van der Waals surface area contributed by atoms with Gasteiger partial charge in [-0.1, -0.05) is 6.92 Å². The lowest BCUT2D eigenvalue weighted by Gasteiger charge is -2.25. The van der Waals surface area contributed by atoms with Crippen molar-refractivity contribution in [3.63, 3.8) is 0 Å². The van der Waals surface area contributed by atoms with Crippen molar-refractivity contribution in [1.29, 1.82) is 5.26 Å². The first kappa shape index (κ1) is 10.9. The van der Waals surface area contributed by atoms with E-state index in [1.807, 2.05) is 7.05 Å². The Balaban J connectivity index is 1.95. The largest absolute Gasteiger partial charge is 0.302 e. The third-order valence-corrected chi connectivity index (χ3v) is 4.15. The summed E-state index contributed by atoms with van der Waals surface area (Å²) in [4.78, 5) is 2.58. The third kappa shape index (κ3) is 2.02. The molecule has 2 rings (SSSR count). The molecule has 0 bridgehead atoms. The molecule has 1 N–H and O–H groups in total. The number of nitrogens with zero attached hydrogens (tertiary/aromatic N) is 2. The summed E-state index contributed by atoms with van der Waals surface area (Å²) in [5, 5.41) is 12.4. The highest BCUT2D eigenvalue weighted by Crippen LogP contribution is 2.34. The Morgan fingerprint density at radius 1 is 1.47 bits per heavy atom. The number of hydrogen-bond donors (Lipinski definition) is 1. The van der Waals surface area contributed by atoms with E-state index < -0.39 is 0 Å². The Bertz CT molecular complexity index is 271. The Hall–Kier alpha value is -0.590. The van der Waals surface area contributed by atoms with Gasteiger partial charge in [0.2, 0.25) is 0 Å². The molecule has 0 spiro atoms. The molecule has 1 heterocycles. The van der Waals surface area contributed by atoms with E-state index in [9.17, 15) is 5.26 Å². The van der Waals surface area contributed by atoms with Crippen molar-refractivity contribution in [2.75, 3.05) is 20.1 Å². The second kappa shape index (κ2) is 4.11. The fourth-order valence-electron chi connectivity index (χ4n) is 3.02. The molecule has 1 aliphatic carbocycles. The van der Waals surface area contributed by atoms with Gasteiger partial charge >= 0.3 is 0 Å². The molecule has 1 aliphatic heterocycles. The number of nitrogens with one attached hydrogen (secondary N) is 1. The normalized spacial score (nSPS) is 41.9. The predicted molar refractivity (Wildman–Crippen MR) is 60.4 cm³/mol. The first-order chi connectivity index (χ1) is 7.19. The smallest absolute Gasteiger partial charge is 0.108 e. The van der Waals surface area contributed by atoms with Gasteiger partial charge in [0.1, 0.15) is 5.54 Å². The average molecular weight is 207 g/mol. The lowest BCUT2D eigenvalue weighted by Crippen LogP contribution is -2.41. The molecule has 84 valence electrons. The van der Waals surface area contributed by atoms with Crippen LogP contribution >= 0.6 is 0 Å². The highest BCUT2D eigenvalue weighted by molar-refractivity contribution is 5.13. The molecule has 0 aromatic rings. The van der Waals surface area contributed by atoms with Crippen molar-refractivity contribution in [2.45, 2.75) is 44.2 Å². The van der Waals surface area contributed by atoms with Gasteiger partial charge in [-0.15, -0.1) is 0 Å². The maximum Gasteiger partial charge on any atom is 0.108 e. The van der Waals surface area contributed by atoms with E-state index >= 15 is 0 Å². The zero-order valence-corrected chi connectivity index (χ0v) is 9.79. The second-order valence-electron chi connectivity index (χ2n) is 5.23. The molecule has 1 saturated heterocycles. The Morgan fingerprint density at radius 3 is 2.73 bits per heavy atom. The van der Waals surface area contributed by atoms with E-state index in [-0.39, 0.29) is 5.54 Å². The molecular weight excluding hydrogens is 186 g/mol. The van der Waals surface area contributed by atoms with Gasteiger partial charge in [0, 0.05) is 12.6 Å². The first-order valence-corrected chi connectivity index (χ1v) is 6.03. The third-order valence-electron chi connectivity index (χ3n) is 4.15. The maximum absolute atomic E-state index is 9.20. The summed E-state index contributed by atoms with van der Waals surface area (Å²) in [7, 11) is 1.91. The van der Waals surface area contributed by atoms with E-state index in [1.54, 1.807) is 0 Å². The van der Waals surface area contributed by atoms with Crippen molar-refractivity contribution >= 4 is 0 Å². The van der Waals surface area contributed by atoms with Gasteiger partial charge in [-0.25, -0.2) is 0 Å². The van der Waals surface area contributed by atoms with Crippen molar-refractivity contribution in [3.05, 3.63) is 0 Å². The Kier molecular flexibility index (Phi) is 2.99. The fraction of sp³-hybridized carbons (Fsp3) is 0.917. The van der Waals surface area contributed by atoms with E-state index in [0.29, 0.717) is 6.04 Å². The van der Waals surface area contributed by atoms with Crippen LogP contribution in [0, 0.1) is 17.2 Å². The number of nitriles is 1. The Labute approximate surface area is 92.4 Å². The van der Waals surface area contributed by atoms with Gasteiger partial charge in [0.25, 0.3) is 0 Å². The van der Waals surface area contributed by atoms with E-state index in [2.05, 4.69) is 23.2 Å². The standard InChI is InChI=1S/C12H21N3/c1-10-4-6-15(8-10)11-3-5-12(7-11,9-13)14-2/h10-11,14H,3-8H2,1-2H3. The molecule has 2 aliphatic rings. The molecular formula is C12H21N3. The van der Waals surface area contributed by atoms with Gasteiger partial charge in [-0.05, 0) is 45.2 Å². The summed E-state index contributed by atoms with van der Waals surface area (Å²) in [6, 6.07) is 3.09. The van der Waals surface area contributed by atoms with Crippen molar-refractivity contribution < 1.29 is 0 Å². The van der Waals surface area contributed by atoms with E-state index in [1.165, 1.54) is 25.9 Å². The van der Waals surface area contributed by atoms with E-state index in [4.69, 9.17) is 0 Å². The van der Waals surface area contributed by atoms with Crippen LogP contribution in [0.1, 0.15) is 32.6 Å². The highest BCUT2D eigenvalue weighted by Gasteiger charge is 2.41. The van der Waals surface area contributed by atoms with Gasteiger partial charge in [-0.2, -0.15) is 5.26 Å². The fourth-order valence-corrected chi connectivity index (χ4v) is 3.02. The summed E-state index contributed by atoms with van der Waals surface area (Å²) in [6.07, 6.45) is 4.53. The topological polar surface area (TPSA) is 39.1 Å². The average Bonchev–Trinajstić information content (AvgIpc) is 2.84. The van der Waals surface area contributed by atoms with Crippen LogP contribution in [0.5, 0.6) is 0 Å². The van der Waals surface area contributed by atoms with Crippen molar-refractivity contribution in [2.24, 2.45) is 5.92 Å². The molecule has 3 nitrogen and oxygen atoms in total. The molecule has 15 heavy (non-hydrogen) atoms. The highest BCUT2D eigenvalue weighted by atomic mass is 15.2. The van der Waals surface area contributed by atoms with Crippen LogP contribution in [0.3, 0.4) is 0 Å². The number of likely N-dealkylation sites (tertiary alicyclic amines) is 1. The lowest BCUT2D eigenvalue weighted by atomic mass is 10.00. The number of hydrogen-bond acceptors (Lipinski definition) is 3. The van der Waals surface area contributed by atoms with Crippen LogP contribution in [0.25, 0.3) is 0 Å². The molecule has 2 fully saturated rings. The Morgan fingerprint density at radius 2 is 2.27 bits per heavy atom. The summed E-state index contributed by atoms with van der Waals surface area (Å²) in [6.45, 7) is 4.79. The number of rotatable bonds is 2. The van der Waals surface area contributed by atoms with Crippen LogP contribution in [0.15, 0.2) is 0 Å². The zero-order valence-electron chi connectivity index (χ0n) is 9.79. The minimum absolute atomic E-state index is 0.240.